The van der Waals surface area contributed by atoms with Gasteiger partial charge in [-0.25, -0.2) is 0 Å². The summed E-state index contributed by atoms with van der Waals surface area (Å²) < 4.78 is 7.21. The molecule has 0 saturated carbocycles. The predicted molar refractivity (Wildman–Crippen MR) is 80.7 cm³/mol. The number of nitriles is 1. The Morgan fingerprint density at radius 2 is 2.19 bits per heavy atom. The molecule has 1 aliphatic heterocycles. The summed E-state index contributed by atoms with van der Waals surface area (Å²) >= 11 is 0. The van der Waals surface area contributed by atoms with Crippen molar-refractivity contribution in [1.82, 2.24) is 4.57 Å². The number of aromatic nitrogens is 1. The van der Waals surface area contributed by atoms with Crippen LogP contribution >= 0.6 is 0 Å². The maximum atomic E-state index is 12.7. The molecule has 0 bridgehead atoms. The molecule has 0 saturated heterocycles. The van der Waals surface area contributed by atoms with Crippen LogP contribution < -0.4 is 16.0 Å². The van der Waals surface area contributed by atoms with Crippen molar-refractivity contribution in [1.29, 1.82) is 5.26 Å². The molecule has 2 N–H and O–H groups in total. The number of aryl methyl sites for hydroxylation is 1. The molecule has 21 heavy (non-hydrogen) atoms. The lowest BCUT2D eigenvalue weighted by molar-refractivity contribution is 0.366. The predicted octanol–water partition coefficient (Wildman–Crippen LogP) is 2.16. The van der Waals surface area contributed by atoms with Crippen LogP contribution in [0.25, 0.3) is 0 Å². The second kappa shape index (κ2) is 5.65. The minimum atomic E-state index is -0.312. The van der Waals surface area contributed by atoms with Gasteiger partial charge in [-0.2, -0.15) is 5.26 Å². The number of pyridine rings is 1. The van der Waals surface area contributed by atoms with Crippen LogP contribution in [-0.4, -0.2) is 4.57 Å². The Kier molecular flexibility index (Phi) is 4.08. The van der Waals surface area contributed by atoms with E-state index in [0.717, 1.165) is 18.5 Å². The van der Waals surface area contributed by atoms with E-state index in [1.165, 1.54) is 0 Å². The lowest BCUT2D eigenvalue weighted by Crippen LogP contribution is -2.33. The monoisotopic (exact) mass is 287 g/mol. The Bertz CT molecular complexity index is 693. The fourth-order valence-corrected chi connectivity index (χ4v) is 2.87. The quantitative estimate of drug-likeness (QED) is 0.923. The molecule has 0 amide bonds. The minimum Gasteiger partial charge on any atom is -0.440 e. The van der Waals surface area contributed by atoms with Crippen molar-refractivity contribution in [3.05, 3.63) is 39.1 Å². The third kappa shape index (κ3) is 2.42. The molecule has 1 unspecified atom stereocenters. The van der Waals surface area contributed by atoms with Crippen molar-refractivity contribution in [2.45, 2.75) is 39.5 Å². The van der Waals surface area contributed by atoms with Crippen LogP contribution in [0.3, 0.4) is 0 Å². The van der Waals surface area contributed by atoms with Crippen molar-refractivity contribution in [3.63, 3.8) is 0 Å². The number of hydrogen-bond donors (Lipinski definition) is 1. The van der Waals surface area contributed by atoms with Gasteiger partial charge in [0.2, 0.25) is 5.88 Å². The van der Waals surface area contributed by atoms with Gasteiger partial charge in [0.05, 0.1) is 11.1 Å². The SMILES string of the molecule is CCCc1cc2c(c(=O)n1C)C(C(C)C)C(C#N)=C(N)O2. The highest BCUT2D eigenvalue weighted by Gasteiger charge is 2.34. The zero-order chi connectivity index (χ0) is 15.7. The number of ether oxygens (including phenoxy) is 1. The molecule has 0 spiro atoms. The van der Waals surface area contributed by atoms with E-state index in [-0.39, 0.29) is 23.3 Å². The van der Waals surface area contributed by atoms with E-state index >= 15 is 0 Å². The molecule has 1 aliphatic rings. The smallest absolute Gasteiger partial charge is 0.258 e. The molecule has 5 heteroatoms. The molecule has 2 rings (SSSR count). The van der Waals surface area contributed by atoms with E-state index < -0.39 is 0 Å². The summed E-state index contributed by atoms with van der Waals surface area (Å²) in [4.78, 5) is 12.7. The first kappa shape index (κ1) is 15.2. The Morgan fingerprint density at radius 1 is 1.52 bits per heavy atom. The van der Waals surface area contributed by atoms with Crippen LogP contribution in [0.2, 0.25) is 0 Å². The first-order valence-corrected chi connectivity index (χ1v) is 7.22. The Hall–Kier alpha value is -2.22. The Balaban J connectivity index is 2.72. The second-order valence-corrected chi connectivity index (χ2v) is 5.74. The van der Waals surface area contributed by atoms with Crippen molar-refractivity contribution < 1.29 is 4.74 Å². The van der Waals surface area contributed by atoms with Crippen molar-refractivity contribution >= 4 is 0 Å². The molecule has 1 atom stereocenters. The fraction of sp³-hybridized carbons (Fsp3) is 0.500. The summed E-state index contributed by atoms with van der Waals surface area (Å²) in [6.07, 6.45) is 1.73. The lowest BCUT2D eigenvalue weighted by atomic mass is 9.81. The van der Waals surface area contributed by atoms with Crippen LogP contribution in [-0.2, 0) is 13.5 Å². The standard InChI is InChI=1S/C16H21N3O2/c1-5-6-10-7-12-14(16(20)19(10)4)13(9(2)3)11(8-17)15(18)21-12/h7,9,13H,5-6,18H2,1-4H3. The maximum Gasteiger partial charge on any atom is 0.258 e. The molecular formula is C16H21N3O2. The summed E-state index contributed by atoms with van der Waals surface area (Å²) in [5.41, 5.74) is 7.57. The van der Waals surface area contributed by atoms with E-state index in [9.17, 15) is 10.1 Å². The van der Waals surface area contributed by atoms with Gasteiger partial charge >= 0.3 is 0 Å². The molecule has 112 valence electrons. The Morgan fingerprint density at radius 3 is 2.71 bits per heavy atom. The molecule has 0 fully saturated rings. The molecule has 0 radical (unpaired) electrons. The summed E-state index contributed by atoms with van der Waals surface area (Å²) in [6, 6.07) is 3.97. The summed E-state index contributed by atoms with van der Waals surface area (Å²) in [7, 11) is 1.76. The Labute approximate surface area is 124 Å². The van der Waals surface area contributed by atoms with Gasteiger partial charge in [0.1, 0.15) is 11.8 Å². The minimum absolute atomic E-state index is 0.0885. The van der Waals surface area contributed by atoms with Gasteiger partial charge in [0, 0.05) is 24.7 Å². The largest absolute Gasteiger partial charge is 0.440 e. The van der Waals surface area contributed by atoms with E-state index in [2.05, 4.69) is 13.0 Å². The zero-order valence-electron chi connectivity index (χ0n) is 12.9. The molecule has 0 aromatic carbocycles. The van der Waals surface area contributed by atoms with E-state index in [1.54, 1.807) is 11.6 Å². The third-order valence-corrected chi connectivity index (χ3v) is 3.93. The van der Waals surface area contributed by atoms with Crippen LogP contribution in [0.5, 0.6) is 5.75 Å². The number of rotatable bonds is 3. The van der Waals surface area contributed by atoms with Gasteiger partial charge in [0.15, 0.2) is 0 Å². The van der Waals surface area contributed by atoms with Gasteiger partial charge < -0.3 is 15.0 Å². The average Bonchev–Trinajstić information content (AvgIpc) is 2.43. The molecule has 1 aromatic rings. The number of nitrogens with two attached hydrogens (primary N) is 1. The summed E-state index contributed by atoms with van der Waals surface area (Å²) in [6.45, 7) is 6.01. The van der Waals surface area contributed by atoms with Gasteiger partial charge in [0.25, 0.3) is 5.56 Å². The first-order chi connectivity index (χ1) is 9.92. The van der Waals surface area contributed by atoms with Crippen LogP contribution in [0.15, 0.2) is 22.3 Å². The second-order valence-electron chi connectivity index (χ2n) is 5.74. The number of allylic oxidation sites excluding steroid dienone is 1. The number of fused-ring (bicyclic) bond motifs is 1. The topological polar surface area (TPSA) is 81.0 Å². The molecule has 2 heterocycles. The maximum absolute atomic E-state index is 12.7. The summed E-state index contributed by atoms with van der Waals surface area (Å²) in [5.74, 6) is 0.384. The highest BCUT2D eigenvalue weighted by molar-refractivity contribution is 5.49. The first-order valence-electron chi connectivity index (χ1n) is 7.22. The highest BCUT2D eigenvalue weighted by Crippen LogP contribution is 2.40. The van der Waals surface area contributed by atoms with Gasteiger partial charge in [-0.15, -0.1) is 0 Å². The summed E-state index contributed by atoms with van der Waals surface area (Å²) in [5, 5.41) is 9.33. The van der Waals surface area contributed by atoms with Gasteiger partial charge in [-0.1, -0.05) is 27.2 Å². The normalized spacial score (nSPS) is 17.4. The van der Waals surface area contributed by atoms with Crippen LogP contribution in [0.1, 0.15) is 44.4 Å². The third-order valence-electron chi connectivity index (χ3n) is 3.93. The average molecular weight is 287 g/mol. The van der Waals surface area contributed by atoms with Crippen molar-refractivity contribution in [3.8, 4) is 11.8 Å². The van der Waals surface area contributed by atoms with E-state index in [1.807, 2.05) is 19.9 Å². The van der Waals surface area contributed by atoms with Crippen LogP contribution in [0.4, 0.5) is 0 Å². The van der Waals surface area contributed by atoms with Gasteiger partial charge in [-0.3, -0.25) is 4.79 Å². The van der Waals surface area contributed by atoms with E-state index in [0.29, 0.717) is 16.9 Å². The zero-order valence-corrected chi connectivity index (χ0v) is 12.9. The molecule has 1 aromatic heterocycles. The fourth-order valence-electron chi connectivity index (χ4n) is 2.87. The van der Waals surface area contributed by atoms with E-state index in [4.69, 9.17) is 10.5 Å². The highest BCUT2D eigenvalue weighted by atomic mass is 16.5. The number of hydrogen-bond acceptors (Lipinski definition) is 4. The van der Waals surface area contributed by atoms with Crippen molar-refractivity contribution in [2.75, 3.05) is 0 Å². The number of nitrogens with zero attached hydrogens (tertiary/aromatic N) is 2. The lowest BCUT2D eigenvalue weighted by Gasteiger charge is -2.29. The molecular weight excluding hydrogens is 266 g/mol. The molecule has 0 aliphatic carbocycles. The van der Waals surface area contributed by atoms with Gasteiger partial charge in [-0.05, 0) is 12.3 Å². The molecule has 5 nitrogen and oxygen atoms in total. The van der Waals surface area contributed by atoms with Crippen molar-refractivity contribution in [2.24, 2.45) is 18.7 Å². The van der Waals surface area contributed by atoms with Crippen LogP contribution in [0, 0.1) is 17.2 Å².